The van der Waals surface area contributed by atoms with Crippen molar-refractivity contribution in [2.75, 3.05) is 17.7 Å². The van der Waals surface area contributed by atoms with Crippen LogP contribution in [0, 0.1) is 11.3 Å². The van der Waals surface area contributed by atoms with Crippen LogP contribution in [0.25, 0.3) is 6.08 Å². The Morgan fingerprint density at radius 3 is 2.20 bits per heavy atom. The molecule has 0 bridgehead atoms. The van der Waals surface area contributed by atoms with Gasteiger partial charge in [-0.25, -0.2) is 0 Å². The van der Waals surface area contributed by atoms with Crippen LogP contribution in [0.5, 0.6) is 5.75 Å². The fourth-order valence-electron chi connectivity index (χ4n) is 1.98. The summed E-state index contributed by atoms with van der Waals surface area (Å²) in [5, 5.41) is 13.8. The highest BCUT2D eigenvalue weighted by Gasteiger charge is 2.02. The number of ether oxygens (including phenoxy) is 1. The Morgan fingerprint density at radius 2 is 1.64 bits per heavy atom. The molecular weight excluding hydrogens is 318 g/mol. The quantitative estimate of drug-likeness (QED) is 0.793. The number of hydrogen-bond acceptors (Lipinski definition) is 4. The van der Waals surface area contributed by atoms with E-state index in [9.17, 15) is 9.59 Å². The average Bonchev–Trinajstić information content (AvgIpc) is 2.62. The number of amides is 2. The standard InChI is InChI=1S/C19H17N3O3/c1-25-17-9-2-14(3-10-17)4-11-18(23)21-15-5-7-16(8-6-15)22-19(24)12-13-20/h2-11H,12H2,1H3,(H,21,23)(H,22,24)/b11-4+. The summed E-state index contributed by atoms with van der Waals surface area (Å²) in [4.78, 5) is 23.2. The number of rotatable bonds is 6. The van der Waals surface area contributed by atoms with E-state index in [0.717, 1.165) is 11.3 Å². The van der Waals surface area contributed by atoms with E-state index in [1.54, 1.807) is 43.5 Å². The first-order valence-electron chi connectivity index (χ1n) is 7.50. The molecule has 0 heterocycles. The van der Waals surface area contributed by atoms with Gasteiger partial charge in [-0.3, -0.25) is 9.59 Å². The number of methoxy groups -OCH3 is 1. The molecule has 2 rings (SSSR count). The second-order valence-electron chi connectivity index (χ2n) is 5.06. The molecule has 0 fully saturated rings. The van der Waals surface area contributed by atoms with Gasteiger partial charge in [-0.1, -0.05) is 12.1 Å². The van der Waals surface area contributed by atoms with E-state index in [4.69, 9.17) is 10.00 Å². The molecule has 2 amide bonds. The van der Waals surface area contributed by atoms with E-state index < -0.39 is 0 Å². The van der Waals surface area contributed by atoms with Gasteiger partial charge in [0.15, 0.2) is 0 Å². The Morgan fingerprint density at radius 1 is 1.04 bits per heavy atom. The molecule has 0 aliphatic rings. The van der Waals surface area contributed by atoms with Gasteiger partial charge >= 0.3 is 0 Å². The van der Waals surface area contributed by atoms with Crippen LogP contribution in [0.15, 0.2) is 54.6 Å². The van der Waals surface area contributed by atoms with Crippen molar-refractivity contribution in [1.82, 2.24) is 0 Å². The lowest BCUT2D eigenvalue weighted by Gasteiger charge is -2.05. The molecule has 0 saturated carbocycles. The zero-order valence-electron chi connectivity index (χ0n) is 13.7. The van der Waals surface area contributed by atoms with Gasteiger partial charge in [0, 0.05) is 17.5 Å². The molecule has 2 aromatic rings. The molecule has 6 heteroatoms. The number of nitriles is 1. The maximum Gasteiger partial charge on any atom is 0.248 e. The number of nitrogens with one attached hydrogen (secondary N) is 2. The van der Waals surface area contributed by atoms with Crippen LogP contribution in [0.1, 0.15) is 12.0 Å². The average molecular weight is 335 g/mol. The largest absolute Gasteiger partial charge is 0.497 e. The molecule has 0 saturated heterocycles. The molecule has 2 aromatic carbocycles. The minimum atomic E-state index is -0.373. The lowest BCUT2D eigenvalue weighted by atomic mass is 10.2. The van der Waals surface area contributed by atoms with Gasteiger partial charge < -0.3 is 15.4 Å². The summed E-state index contributed by atoms with van der Waals surface area (Å²) in [6.07, 6.45) is 2.93. The number of benzene rings is 2. The van der Waals surface area contributed by atoms with Gasteiger partial charge in [-0.15, -0.1) is 0 Å². The van der Waals surface area contributed by atoms with Crippen molar-refractivity contribution < 1.29 is 14.3 Å². The van der Waals surface area contributed by atoms with Gasteiger partial charge in [-0.05, 0) is 48.0 Å². The maximum atomic E-state index is 11.9. The molecular formula is C19H17N3O3. The monoisotopic (exact) mass is 335 g/mol. The molecule has 0 aliphatic heterocycles. The van der Waals surface area contributed by atoms with Crippen molar-refractivity contribution in [3.63, 3.8) is 0 Å². The highest BCUT2D eigenvalue weighted by atomic mass is 16.5. The van der Waals surface area contributed by atoms with Crippen molar-refractivity contribution >= 4 is 29.3 Å². The van der Waals surface area contributed by atoms with Gasteiger partial charge in [-0.2, -0.15) is 5.26 Å². The number of hydrogen-bond donors (Lipinski definition) is 2. The number of carbonyl (C=O) groups is 2. The van der Waals surface area contributed by atoms with Crippen molar-refractivity contribution in [1.29, 1.82) is 5.26 Å². The van der Waals surface area contributed by atoms with Crippen molar-refractivity contribution in [2.24, 2.45) is 0 Å². The summed E-state index contributed by atoms with van der Waals surface area (Å²) < 4.78 is 5.08. The third-order valence-electron chi connectivity index (χ3n) is 3.22. The number of carbonyl (C=O) groups excluding carboxylic acids is 2. The van der Waals surface area contributed by atoms with Crippen LogP contribution < -0.4 is 15.4 Å². The summed E-state index contributed by atoms with van der Waals surface area (Å²) >= 11 is 0. The Hall–Kier alpha value is -3.59. The number of nitrogens with zero attached hydrogens (tertiary/aromatic N) is 1. The van der Waals surface area contributed by atoms with Gasteiger partial charge in [0.2, 0.25) is 11.8 Å². The van der Waals surface area contributed by atoms with Crippen LogP contribution in [0.2, 0.25) is 0 Å². The molecule has 0 aromatic heterocycles. The molecule has 0 radical (unpaired) electrons. The van der Waals surface area contributed by atoms with E-state index in [0.29, 0.717) is 11.4 Å². The lowest BCUT2D eigenvalue weighted by Crippen LogP contribution is -2.10. The predicted octanol–water partition coefficient (Wildman–Crippen LogP) is 3.20. The Bertz CT molecular complexity index is 803. The first-order valence-corrected chi connectivity index (χ1v) is 7.50. The smallest absolute Gasteiger partial charge is 0.248 e. The minimum Gasteiger partial charge on any atom is -0.497 e. The van der Waals surface area contributed by atoms with E-state index in [1.165, 1.54) is 6.08 Å². The summed E-state index contributed by atoms with van der Waals surface area (Å²) in [5.41, 5.74) is 2.04. The molecule has 0 spiro atoms. The van der Waals surface area contributed by atoms with Crippen LogP contribution in [-0.2, 0) is 9.59 Å². The van der Waals surface area contributed by atoms with Crippen molar-refractivity contribution in [2.45, 2.75) is 6.42 Å². The third-order valence-corrected chi connectivity index (χ3v) is 3.22. The first-order chi connectivity index (χ1) is 12.1. The Balaban J connectivity index is 1.90. The fraction of sp³-hybridized carbons (Fsp3) is 0.105. The number of anilines is 2. The lowest BCUT2D eigenvalue weighted by molar-refractivity contribution is -0.115. The van der Waals surface area contributed by atoms with Gasteiger partial charge in [0.25, 0.3) is 0 Å². The second kappa shape index (κ2) is 8.89. The van der Waals surface area contributed by atoms with Crippen LogP contribution in [0.4, 0.5) is 11.4 Å². The molecule has 2 N–H and O–H groups in total. The summed E-state index contributed by atoms with van der Waals surface area (Å²) in [6, 6.07) is 15.7. The second-order valence-corrected chi connectivity index (χ2v) is 5.06. The van der Waals surface area contributed by atoms with Crippen LogP contribution >= 0.6 is 0 Å². The molecule has 25 heavy (non-hydrogen) atoms. The molecule has 0 unspecified atom stereocenters. The van der Waals surface area contributed by atoms with E-state index in [-0.39, 0.29) is 18.2 Å². The zero-order chi connectivity index (χ0) is 18.1. The van der Waals surface area contributed by atoms with Crippen LogP contribution in [0.3, 0.4) is 0 Å². The Kier molecular flexibility index (Phi) is 6.32. The van der Waals surface area contributed by atoms with E-state index >= 15 is 0 Å². The molecule has 6 nitrogen and oxygen atoms in total. The fourth-order valence-corrected chi connectivity index (χ4v) is 1.98. The molecule has 0 aliphatic carbocycles. The predicted molar refractivity (Wildman–Crippen MR) is 96.0 cm³/mol. The first kappa shape index (κ1) is 17.8. The highest BCUT2D eigenvalue weighted by molar-refractivity contribution is 6.02. The van der Waals surface area contributed by atoms with Gasteiger partial charge in [0.1, 0.15) is 12.2 Å². The van der Waals surface area contributed by atoms with Gasteiger partial charge in [0.05, 0.1) is 13.2 Å². The molecule has 126 valence electrons. The Labute approximate surface area is 145 Å². The van der Waals surface area contributed by atoms with Crippen molar-refractivity contribution in [3.8, 4) is 11.8 Å². The van der Waals surface area contributed by atoms with E-state index in [1.807, 2.05) is 24.3 Å². The normalized spacial score (nSPS) is 10.1. The topological polar surface area (TPSA) is 91.2 Å². The summed E-state index contributed by atoms with van der Waals surface area (Å²) in [6.45, 7) is 0. The SMILES string of the molecule is COc1ccc(/C=C/C(=O)Nc2ccc(NC(=O)CC#N)cc2)cc1. The maximum absolute atomic E-state index is 11.9. The molecule has 0 atom stereocenters. The zero-order valence-corrected chi connectivity index (χ0v) is 13.7. The van der Waals surface area contributed by atoms with Crippen LogP contribution in [-0.4, -0.2) is 18.9 Å². The third kappa shape index (κ3) is 5.84. The minimum absolute atomic E-state index is 0.200. The highest BCUT2D eigenvalue weighted by Crippen LogP contribution is 2.15. The summed E-state index contributed by atoms with van der Waals surface area (Å²) in [5.74, 6) is 0.113. The van der Waals surface area contributed by atoms with E-state index in [2.05, 4.69) is 10.6 Å². The van der Waals surface area contributed by atoms with Crippen molar-refractivity contribution in [3.05, 3.63) is 60.2 Å². The summed E-state index contributed by atoms with van der Waals surface area (Å²) in [7, 11) is 1.60.